The van der Waals surface area contributed by atoms with Gasteiger partial charge in [0.25, 0.3) is 0 Å². The van der Waals surface area contributed by atoms with Gasteiger partial charge in [0.05, 0.1) is 17.8 Å². The highest BCUT2D eigenvalue weighted by atomic mass is 16.6. The lowest BCUT2D eigenvalue weighted by Crippen LogP contribution is -1.95. The zero-order chi connectivity index (χ0) is 15.6. The molecule has 1 aromatic carbocycles. The van der Waals surface area contributed by atoms with Crippen molar-refractivity contribution in [1.29, 1.82) is 0 Å². The van der Waals surface area contributed by atoms with Crippen molar-refractivity contribution < 1.29 is 4.84 Å². The van der Waals surface area contributed by atoms with Crippen molar-refractivity contribution in [3.8, 4) is 0 Å². The molecule has 4 aromatic rings. The summed E-state index contributed by atoms with van der Waals surface area (Å²) in [5.74, 6) is 0.536. The van der Waals surface area contributed by atoms with Crippen LogP contribution >= 0.6 is 0 Å². The topological polar surface area (TPSA) is 82.5 Å². The number of benzene rings is 1. The summed E-state index contributed by atoms with van der Waals surface area (Å²) < 4.78 is 3.31. The molecule has 0 atom stereocenters. The Labute approximate surface area is 131 Å². The molecule has 0 aliphatic rings. The first-order valence-corrected chi connectivity index (χ1v) is 7.03. The molecular weight excluding hydrogens is 294 g/mol. The van der Waals surface area contributed by atoms with Crippen LogP contribution in [0.25, 0.3) is 16.7 Å². The monoisotopic (exact) mass is 307 g/mol. The van der Waals surface area contributed by atoms with Crippen LogP contribution in [-0.4, -0.2) is 35.6 Å². The van der Waals surface area contributed by atoms with Crippen LogP contribution in [0.3, 0.4) is 0 Å². The first-order chi connectivity index (χ1) is 11.3. The normalized spacial score (nSPS) is 11.7. The standard InChI is InChI=1S/C15H13N7O/c1-21-14-12(8-17-21)15-19-13(20-22(15)10-16-14)9-23-18-7-11-5-3-2-4-6-11/h2-8,10H,9H2,1H3. The van der Waals surface area contributed by atoms with Gasteiger partial charge in [-0.3, -0.25) is 4.68 Å². The third-order valence-corrected chi connectivity index (χ3v) is 3.38. The number of rotatable bonds is 4. The van der Waals surface area contributed by atoms with E-state index in [-0.39, 0.29) is 6.61 Å². The average Bonchev–Trinajstić information content (AvgIpc) is 3.16. The van der Waals surface area contributed by atoms with Gasteiger partial charge >= 0.3 is 0 Å². The molecule has 0 radical (unpaired) electrons. The fourth-order valence-corrected chi connectivity index (χ4v) is 2.28. The first-order valence-electron chi connectivity index (χ1n) is 7.03. The molecule has 23 heavy (non-hydrogen) atoms. The first kappa shape index (κ1) is 13.4. The quantitative estimate of drug-likeness (QED) is 0.422. The number of aromatic nitrogens is 6. The lowest BCUT2D eigenvalue weighted by molar-refractivity contribution is 0.126. The van der Waals surface area contributed by atoms with Crippen molar-refractivity contribution in [1.82, 2.24) is 29.4 Å². The smallest absolute Gasteiger partial charge is 0.192 e. The van der Waals surface area contributed by atoms with Gasteiger partial charge in [0.1, 0.15) is 6.33 Å². The summed E-state index contributed by atoms with van der Waals surface area (Å²) in [6.45, 7) is 0.187. The van der Waals surface area contributed by atoms with E-state index in [9.17, 15) is 0 Å². The maximum absolute atomic E-state index is 5.26. The lowest BCUT2D eigenvalue weighted by Gasteiger charge is -1.93. The van der Waals surface area contributed by atoms with Crippen LogP contribution in [0.15, 0.2) is 48.0 Å². The highest BCUT2D eigenvalue weighted by Gasteiger charge is 2.11. The lowest BCUT2D eigenvalue weighted by atomic mass is 10.2. The van der Waals surface area contributed by atoms with Crippen molar-refractivity contribution in [2.45, 2.75) is 6.61 Å². The Morgan fingerprint density at radius 1 is 1.22 bits per heavy atom. The van der Waals surface area contributed by atoms with Gasteiger partial charge in [-0.05, 0) is 5.56 Å². The fourth-order valence-electron chi connectivity index (χ4n) is 2.28. The van der Waals surface area contributed by atoms with E-state index in [4.69, 9.17) is 4.84 Å². The summed E-state index contributed by atoms with van der Waals surface area (Å²) in [6, 6.07) is 9.72. The number of hydrogen-bond acceptors (Lipinski definition) is 6. The molecule has 0 saturated heterocycles. The number of hydrogen-bond donors (Lipinski definition) is 0. The van der Waals surface area contributed by atoms with E-state index in [0.717, 1.165) is 16.6 Å². The second-order valence-corrected chi connectivity index (χ2v) is 4.96. The molecular formula is C15H13N7O. The van der Waals surface area contributed by atoms with Crippen LogP contribution in [0.1, 0.15) is 11.4 Å². The zero-order valence-electron chi connectivity index (χ0n) is 12.4. The Hall–Kier alpha value is -3.29. The zero-order valence-corrected chi connectivity index (χ0v) is 12.4. The Kier molecular flexibility index (Phi) is 3.19. The number of nitrogens with zero attached hydrogens (tertiary/aromatic N) is 7. The minimum atomic E-state index is 0.187. The molecule has 3 heterocycles. The maximum Gasteiger partial charge on any atom is 0.192 e. The number of aryl methyl sites for hydroxylation is 1. The van der Waals surface area contributed by atoms with Crippen LogP contribution in [0.4, 0.5) is 0 Å². The van der Waals surface area contributed by atoms with Gasteiger partial charge < -0.3 is 4.84 Å². The van der Waals surface area contributed by atoms with Crippen molar-refractivity contribution >= 4 is 22.9 Å². The van der Waals surface area contributed by atoms with Gasteiger partial charge in [-0.25, -0.2) is 14.5 Å². The van der Waals surface area contributed by atoms with Gasteiger partial charge in [0.15, 0.2) is 23.7 Å². The van der Waals surface area contributed by atoms with Crippen LogP contribution in [0, 0.1) is 0 Å². The van der Waals surface area contributed by atoms with E-state index in [2.05, 4.69) is 25.3 Å². The van der Waals surface area contributed by atoms with Crippen molar-refractivity contribution in [3.63, 3.8) is 0 Å². The van der Waals surface area contributed by atoms with Crippen LogP contribution in [-0.2, 0) is 18.5 Å². The second-order valence-electron chi connectivity index (χ2n) is 4.96. The maximum atomic E-state index is 5.26. The molecule has 0 aliphatic carbocycles. The van der Waals surface area contributed by atoms with E-state index in [1.807, 2.05) is 37.4 Å². The molecule has 0 unspecified atom stereocenters. The van der Waals surface area contributed by atoms with Gasteiger partial charge in [-0.2, -0.15) is 5.10 Å². The number of fused-ring (bicyclic) bond motifs is 3. The molecule has 4 rings (SSSR count). The highest BCUT2D eigenvalue weighted by molar-refractivity contribution is 5.88. The van der Waals surface area contributed by atoms with Crippen LogP contribution < -0.4 is 0 Å². The summed E-state index contributed by atoms with van der Waals surface area (Å²) in [5.41, 5.74) is 2.44. The SMILES string of the molecule is Cn1ncc2c1ncn1nc(CON=Cc3ccccc3)nc21. The molecule has 0 N–H and O–H groups in total. The minimum Gasteiger partial charge on any atom is -0.387 e. The van der Waals surface area contributed by atoms with Crippen molar-refractivity contribution in [2.75, 3.05) is 0 Å². The van der Waals surface area contributed by atoms with Crippen LogP contribution in [0.5, 0.6) is 0 Å². The van der Waals surface area contributed by atoms with Gasteiger partial charge in [-0.1, -0.05) is 35.5 Å². The molecule has 0 amide bonds. The summed E-state index contributed by atoms with van der Waals surface area (Å²) in [4.78, 5) is 14.0. The highest BCUT2D eigenvalue weighted by Crippen LogP contribution is 2.15. The Balaban J connectivity index is 1.53. The predicted octanol–water partition coefficient (Wildman–Crippen LogP) is 1.56. The second kappa shape index (κ2) is 5.48. The Morgan fingerprint density at radius 3 is 2.96 bits per heavy atom. The Bertz CT molecular complexity index is 987. The summed E-state index contributed by atoms with van der Waals surface area (Å²) in [5, 5.41) is 13.3. The molecule has 0 aliphatic heterocycles. The fraction of sp³-hybridized carbons (Fsp3) is 0.133. The van der Waals surface area contributed by atoms with Gasteiger partial charge in [-0.15, -0.1) is 5.10 Å². The summed E-state index contributed by atoms with van der Waals surface area (Å²) in [6.07, 6.45) is 4.99. The van der Waals surface area contributed by atoms with E-state index in [0.29, 0.717) is 11.5 Å². The molecule has 114 valence electrons. The average molecular weight is 307 g/mol. The molecule has 8 heteroatoms. The predicted molar refractivity (Wildman–Crippen MR) is 83.9 cm³/mol. The van der Waals surface area contributed by atoms with E-state index >= 15 is 0 Å². The Morgan fingerprint density at radius 2 is 2.09 bits per heavy atom. The minimum absolute atomic E-state index is 0.187. The van der Waals surface area contributed by atoms with E-state index in [1.165, 1.54) is 0 Å². The van der Waals surface area contributed by atoms with Crippen molar-refractivity contribution in [3.05, 3.63) is 54.2 Å². The molecule has 3 aromatic heterocycles. The molecule has 8 nitrogen and oxygen atoms in total. The van der Waals surface area contributed by atoms with E-state index < -0.39 is 0 Å². The molecule has 0 spiro atoms. The third kappa shape index (κ3) is 2.50. The largest absolute Gasteiger partial charge is 0.387 e. The third-order valence-electron chi connectivity index (χ3n) is 3.38. The van der Waals surface area contributed by atoms with Crippen LogP contribution in [0.2, 0.25) is 0 Å². The molecule has 0 bridgehead atoms. The summed E-state index contributed by atoms with van der Waals surface area (Å²) in [7, 11) is 1.84. The van der Waals surface area contributed by atoms with Crippen molar-refractivity contribution in [2.24, 2.45) is 12.2 Å². The van der Waals surface area contributed by atoms with Gasteiger partial charge in [0, 0.05) is 7.05 Å². The number of oxime groups is 1. The van der Waals surface area contributed by atoms with Gasteiger partial charge in [0.2, 0.25) is 0 Å². The summed E-state index contributed by atoms with van der Waals surface area (Å²) >= 11 is 0. The molecule has 0 saturated carbocycles. The molecule has 0 fully saturated rings. The van der Waals surface area contributed by atoms with E-state index in [1.54, 1.807) is 27.9 Å².